The molecule has 60 heavy (non-hydrogen) atoms. The predicted octanol–water partition coefficient (Wildman–Crippen LogP) is 8.71. The van der Waals surface area contributed by atoms with Crippen LogP contribution in [0.15, 0.2) is 0 Å². The number of hydrogen-bond donors (Lipinski definition) is 10. The minimum atomic E-state index is -0.711. The van der Waals surface area contributed by atoms with Crippen LogP contribution < -0.4 is 0 Å². The van der Waals surface area contributed by atoms with Crippen molar-refractivity contribution in [1.82, 2.24) is 0 Å². The minimum absolute atomic E-state index is 0.292. The highest BCUT2D eigenvalue weighted by Gasteiger charge is 1.92. The van der Waals surface area contributed by atoms with Crippen LogP contribution >= 0.6 is 0 Å². The standard InChI is InChI=1S/10C4H8O2/c10*1-2-3-4(5)6/h10*2-3H2,1H3,(H,5,6). The Kier molecular flexibility index (Phi) is 98.2. The Labute approximate surface area is 356 Å². The van der Waals surface area contributed by atoms with Gasteiger partial charge in [-0.2, -0.15) is 0 Å². The van der Waals surface area contributed by atoms with Crippen LogP contribution in [0.25, 0.3) is 0 Å². The highest BCUT2D eigenvalue weighted by atomic mass is 16.4. The summed E-state index contributed by atoms with van der Waals surface area (Å²) >= 11 is 0. The molecule has 0 radical (unpaired) electrons. The van der Waals surface area contributed by atoms with E-state index in [0.717, 1.165) is 64.2 Å². The van der Waals surface area contributed by atoms with Gasteiger partial charge in [0.05, 0.1) is 0 Å². The molecule has 0 aromatic heterocycles. The van der Waals surface area contributed by atoms with Crippen molar-refractivity contribution in [2.45, 2.75) is 198 Å². The van der Waals surface area contributed by atoms with Gasteiger partial charge in [-0.15, -0.1) is 0 Å². The van der Waals surface area contributed by atoms with Crippen molar-refractivity contribution in [3.05, 3.63) is 0 Å². The third-order valence-electron chi connectivity index (χ3n) is 4.64. The van der Waals surface area contributed by atoms with Crippen molar-refractivity contribution < 1.29 is 99.0 Å². The van der Waals surface area contributed by atoms with Crippen molar-refractivity contribution in [3.8, 4) is 0 Å². The van der Waals surface area contributed by atoms with Crippen molar-refractivity contribution in [2.75, 3.05) is 0 Å². The maximum atomic E-state index is 9.60. The summed E-state index contributed by atoms with van der Waals surface area (Å²) in [6, 6.07) is 0. The van der Waals surface area contributed by atoms with Crippen LogP contribution in [-0.4, -0.2) is 111 Å². The smallest absolute Gasteiger partial charge is 0.303 e. The van der Waals surface area contributed by atoms with Crippen LogP contribution in [0.4, 0.5) is 0 Å². The molecule has 0 aliphatic heterocycles. The lowest BCUT2D eigenvalue weighted by Crippen LogP contribution is -1.90. The van der Waals surface area contributed by atoms with Crippen LogP contribution in [0.1, 0.15) is 198 Å². The highest BCUT2D eigenvalue weighted by molar-refractivity contribution is 5.69. The second-order valence-electron chi connectivity index (χ2n) is 11.4. The summed E-state index contributed by atoms with van der Waals surface area (Å²) in [7, 11) is 0. The van der Waals surface area contributed by atoms with Crippen LogP contribution in [0.5, 0.6) is 0 Å². The van der Waals surface area contributed by atoms with Gasteiger partial charge < -0.3 is 51.1 Å². The van der Waals surface area contributed by atoms with Crippen LogP contribution in [0.3, 0.4) is 0 Å². The van der Waals surface area contributed by atoms with Crippen LogP contribution in [-0.2, 0) is 47.9 Å². The topological polar surface area (TPSA) is 373 Å². The minimum Gasteiger partial charge on any atom is -0.481 e. The third kappa shape index (κ3) is 231. The molecule has 20 heteroatoms. The number of carboxylic acid groups (broad SMARTS) is 10. The Hall–Kier alpha value is -5.30. The third-order valence-corrected chi connectivity index (χ3v) is 4.64. The Morgan fingerprint density at radius 1 is 0.183 bits per heavy atom. The molecule has 0 heterocycles. The molecule has 0 aliphatic rings. The monoisotopic (exact) mass is 881 g/mol. The van der Waals surface area contributed by atoms with E-state index in [1.165, 1.54) is 0 Å². The number of hydrogen-bond acceptors (Lipinski definition) is 10. The maximum Gasteiger partial charge on any atom is 0.303 e. The fourth-order valence-electron chi connectivity index (χ4n) is 2.14. The van der Waals surface area contributed by atoms with Crippen molar-refractivity contribution in [2.24, 2.45) is 0 Å². The molecule has 0 bridgehead atoms. The molecule has 0 aliphatic carbocycles. The zero-order valence-electron chi connectivity index (χ0n) is 37.7. The van der Waals surface area contributed by atoms with E-state index < -0.39 is 59.7 Å². The number of carboxylic acids is 10. The van der Waals surface area contributed by atoms with Gasteiger partial charge in [-0.1, -0.05) is 69.2 Å². The predicted molar refractivity (Wildman–Crippen MR) is 225 cm³/mol. The Morgan fingerprint density at radius 3 is 0.233 bits per heavy atom. The van der Waals surface area contributed by atoms with E-state index in [1.54, 1.807) is 0 Å². The second-order valence-corrected chi connectivity index (χ2v) is 11.4. The Morgan fingerprint density at radius 2 is 0.233 bits per heavy atom. The Balaban J connectivity index is -0.0000000579. The van der Waals surface area contributed by atoms with Gasteiger partial charge in [-0.25, -0.2) is 0 Å². The second kappa shape index (κ2) is 74.6. The lowest BCUT2D eigenvalue weighted by atomic mass is 10.4. The largest absolute Gasteiger partial charge is 0.481 e. The molecule has 0 saturated carbocycles. The SMILES string of the molecule is CCCC(=O)O.CCCC(=O)O.CCCC(=O)O.CCCC(=O)O.CCCC(=O)O.CCCC(=O)O.CCCC(=O)O.CCCC(=O)O.CCCC(=O)O.CCCC(=O)O. The van der Waals surface area contributed by atoms with Crippen LogP contribution in [0, 0.1) is 0 Å². The van der Waals surface area contributed by atoms with E-state index >= 15 is 0 Å². The number of carbonyl (C=O) groups is 10. The summed E-state index contributed by atoms with van der Waals surface area (Å²) in [6.45, 7) is 18.4. The first-order chi connectivity index (χ1) is 27.7. The number of aliphatic carboxylic acids is 10. The summed E-state index contributed by atoms with van der Waals surface area (Å²) in [5, 5.41) is 79.1. The van der Waals surface area contributed by atoms with E-state index in [1.807, 2.05) is 69.2 Å². The highest BCUT2D eigenvalue weighted by Crippen LogP contribution is 1.86. The quantitative estimate of drug-likeness (QED) is 0.0546. The summed E-state index contributed by atoms with van der Waals surface area (Å²) < 4.78 is 0. The van der Waals surface area contributed by atoms with Gasteiger partial charge in [-0.3, -0.25) is 47.9 Å². The molecule has 0 unspecified atom stereocenters. The molecule has 0 rings (SSSR count). The van der Waals surface area contributed by atoms with Crippen LogP contribution in [0.2, 0.25) is 0 Å². The molecule has 0 fully saturated rings. The van der Waals surface area contributed by atoms with E-state index in [-0.39, 0.29) is 0 Å². The van der Waals surface area contributed by atoms with Gasteiger partial charge in [0.25, 0.3) is 0 Å². The van der Waals surface area contributed by atoms with Crippen molar-refractivity contribution in [1.29, 1.82) is 0 Å². The van der Waals surface area contributed by atoms with Crippen molar-refractivity contribution in [3.63, 3.8) is 0 Å². The molecule has 0 atom stereocenters. The van der Waals surface area contributed by atoms with Gasteiger partial charge in [0.1, 0.15) is 0 Å². The molecule has 0 aromatic carbocycles. The van der Waals surface area contributed by atoms with E-state index in [9.17, 15) is 47.9 Å². The lowest BCUT2D eigenvalue weighted by Gasteiger charge is -1.79. The zero-order chi connectivity index (χ0) is 49.9. The van der Waals surface area contributed by atoms with E-state index in [0.29, 0.717) is 64.2 Å². The van der Waals surface area contributed by atoms with E-state index in [4.69, 9.17) is 51.1 Å². The molecule has 20 nitrogen and oxygen atoms in total. The molecular formula is C40H80O20. The lowest BCUT2D eigenvalue weighted by molar-refractivity contribution is -0.138. The summed E-state index contributed by atoms with van der Waals surface area (Å²) in [5.74, 6) is -7.11. The van der Waals surface area contributed by atoms with E-state index in [2.05, 4.69) is 0 Å². The molecule has 10 N–H and O–H groups in total. The fraction of sp³-hybridized carbons (Fsp3) is 0.750. The number of rotatable bonds is 20. The molecular weight excluding hydrogens is 800 g/mol. The van der Waals surface area contributed by atoms with Gasteiger partial charge >= 0.3 is 59.7 Å². The first kappa shape index (κ1) is 78.9. The van der Waals surface area contributed by atoms with Gasteiger partial charge in [0, 0.05) is 64.2 Å². The summed E-state index contributed by atoms with van der Waals surface area (Å²) in [5.41, 5.74) is 0. The van der Waals surface area contributed by atoms with Gasteiger partial charge in [0.15, 0.2) is 0 Å². The molecule has 0 spiro atoms. The normalized spacial score (nSPS) is 8.17. The molecule has 360 valence electrons. The first-order valence-corrected chi connectivity index (χ1v) is 19.9. The zero-order valence-corrected chi connectivity index (χ0v) is 37.7. The molecule has 0 amide bonds. The summed E-state index contributed by atoms with van der Waals surface area (Å²) in [4.78, 5) is 96.0. The molecule has 0 aromatic rings. The van der Waals surface area contributed by atoms with Crippen molar-refractivity contribution >= 4 is 59.7 Å². The Bertz CT molecular complexity index is 761. The average molecular weight is 881 g/mol. The summed E-state index contributed by atoms with van der Waals surface area (Å²) in [6.07, 6.45) is 10.2. The first-order valence-electron chi connectivity index (χ1n) is 19.9. The van der Waals surface area contributed by atoms with Gasteiger partial charge in [-0.05, 0) is 64.2 Å². The molecule has 0 saturated heterocycles. The maximum absolute atomic E-state index is 9.60. The fourth-order valence-corrected chi connectivity index (χ4v) is 2.14. The average Bonchev–Trinajstić information content (AvgIpc) is 3.07. The van der Waals surface area contributed by atoms with Gasteiger partial charge in [0.2, 0.25) is 0 Å².